The van der Waals surface area contributed by atoms with Gasteiger partial charge in [-0.05, 0) is 84.6 Å². The van der Waals surface area contributed by atoms with Gasteiger partial charge in [0.05, 0.1) is 36.2 Å². The van der Waals surface area contributed by atoms with Gasteiger partial charge in [0.25, 0.3) is 0 Å². The van der Waals surface area contributed by atoms with Crippen molar-refractivity contribution in [1.29, 1.82) is 0 Å². The van der Waals surface area contributed by atoms with Crippen LogP contribution in [0.2, 0.25) is 0 Å². The zero-order valence-electron chi connectivity index (χ0n) is 35.0. The maximum atomic E-state index is 14.1. The SMILES string of the molecule is C=C1Cc2c(O)c(cc3ccccc23)OCCOCCN(S(=O)(=O)c2ccc(C)cc2)CCN(S(=O)(=O)c2ccc(C)cc2)CCOCCOc2cc3ccccc3c(c2O)C1. The topological polar surface area (TPSA) is 152 Å². The van der Waals surface area contributed by atoms with Crippen molar-refractivity contribution in [2.24, 2.45) is 0 Å². The van der Waals surface area contributed by atoms with Crippen molar-refractivity contribution in [3.8, 4) is 23.0 Å². The van der Waals surface area contributed by atoms with Crippen LogP contribution in [-0.4, -0.2) is 101 Å². The van der Waals surface area contributed by atoms with Gasteiger partial charge < -0.3 is 29.2 Å². The molecule has 0 unspecified atom stereocenters. The zero-order chi connectivity index (χ0) is 43.9. The number of aromatic hydroxyl groups is 2. The predicted octanol–water partition coefficient (Wildman–Crippen LogP) is 7.55. The number of nitrogens with zero attached hydrogens (tertiary/aromatic N) is 2. The summed E-state index contributed by atoms with van der Waals surface area (Å²) in [4.78, 5) is 0.142. The minimum atomic E-state index is -4.09. The molecule has 326 valence electrons. The number of phenols is 2. The van der Waals surface area contributed by atoms with Gasteiger partial charge in [-0.1, -0.05) is 96.1 Å². The Kier molecular flexibility index (Phi) is 14.2. The largest absolute Gasteiger partial charge is 0.504 e. The van der Waals surface area contributed by atoms with E-state index < -0.39 is 20.0 Å². The second kappa shape index (κ2) is 19.7. The average Bonchev–Trinajstić information content (AvgIpc) is 3.25. The number of ether oxygens (including phenoxy) is 4. The molecule has 4 bridgehead atoms. The lowest BCUT2D eigenvalue weighted by molar-refractivity contribution is 0.0866. The molecule has 0 saturated carbocycles. The standard InChI is InChI=1S/C48H52N2O10S2/c1-34-12-16-39(17-13-34)61(53,54)49-20-21-50(62(55,56)40-18-14-35(2)15-19-40)23-25-58-27-29-60-46-33-38-9-5-7-11-42(38)44(48(46)52)31-36(3)30-43-41-10-6-4-8-37(41)32-45(47(43)51)59-28-26-57-24-22-49/h4-19,32-33,51-52H,3,20-31H2,1-2H3. The molecule has 12 nitrogen and oxygen atoms in total. The first kappa shape index (κ1) is 44.6. The number of hydrogen-bond donors (Lipinski definition) is 2. The molecular weight excluding hydrogens is 829 g/mol. The third-order valence-corrected chi connectivity index (χ3v) is 14.7. The van der Waals surface area contributed by atoms with E-state index >= 15 is 0 Å². The van der Waals surface area contributed by atoms with E-state index in [2.05, 4.69) is 6.58 Å². The molecule has 1 aliphatic heterocycles. The van der Waals surface area contributed by atoms with Crippen molar-refractivity contribution in [2.75, 3.05) is 65.8 Å². The van der Waals surface area contributed by atoms with Gasteiger partial charge >= 0.3 is 0 Å². The summed E-state index contributed by atoms with van der Waals surface area (Å²) in [5, 5.41) is 26.6. The molecular formula is C48H52N2O10S2. The number of hydrogen-bond acceptors (Lipinski definition) is 10. The monoisotopic (exact) mass is 880 g/mol. The van der Waals surface area contributed by atoms with Gasteiger partial charge in [-0.2, -0.15) is 8.61 Å². The first-order chi connectivity index (χ1) is 29.8. The van der Waals surface area contributed by atoms with Gasteiger partial charge in [-0.15, -0.1) is 0 Å². The van der Waals surface area contributed by atoms with E-state index in [4.69, 9.17) is 18.9 Å². The maximum Gasteiger partial charge on any atom is 0.243 e. The van der Waals surface area contributed by atoms with Crippen molar-refractivity contribution in [1.82, 2.24) is 8.61 Å². The van der Waals surface area contributed by atoms with Crippen LogP contribution in [-0.2, 0) is 42.4 Å². The number of allylic oxidation sites excluding steroid dienone is 1. The quantitative estimate of drug-likeness (QED) is 0.170. The molecule has 0 saturated heterocycles. The predicted molar refractivity (Wildman–Crippen MR) is 240 cm³/mol. The Bertz CT molecular complexity index is 2570. The Morgan fingerprint density at radius 1 is 0.516 bits per heavy atom. The number of aryl methyl sites for hydroxylation is 2. The number of phenolic OH excluding ortho intramolecular Hbond substituents is 2. The maximum absolute atomic E-state index is 14.1. The number of rotatable bonds is 4. The van der Waals surface area contributed by atoms with Crippen LogP contribution < -0.4 is 9.47 Å². The minimum Gasteiger partial charge on any atom is -0.504 e. The number of fused-ring (bicyclic) bond motifs is 8. The van der Waals surface area contributed by atoms with Crippen LogP contribution in [0, 0.1) is 13.8 Å². The first-order valence-corrected chi connectivity index (χ1v) is 23.4. The lowest BCUT2D eigenvalue weighted by Gasteiger charge is -2.27. The third kappa shape index (κ3) is 10.2. The molecule has 14 heteroatoms. The lowest BCUT2D eigenvalue weighted by atomic mass is 9.92. The minimum absolute atomic E-state index is 0.0146. The van der Waals surface area contributed by atoms with Crippen molar-refractivity contribution >= 4 is 41.6 Å². The Hall–Kier alpha value is -5.48. The van der Waals surface area contributed by atoms with Crippen molar-refractivity contribution in [2.45, 2.75) is 36.5 Å². The summed E-state index contributed by atoms with van der Waals surface area (Å²) in [6, 6.07) is 31.8. The highest BCUT2D eigenvalue weighted by molar-refractivity contribution is 7.89. The summed E-state index contributed by atoms with van der Waals surface area (Å²) in [5.41, 5.74) is 3.76. The molecule has 0 aliphatic carbocycles. The Balaban J connectivity index is 1.20. The van der Waals surface area contributed by atoms with E-state index in [0.717, 1.165) is 38.2 Å². The van der Waals surface area contributed by atoms with Crippen LogP contribution in [0.1, 0.15) is 22.3 Å². The Morgan fingerprint density at radius 3 is 1.31 bits per heavy atom. The van der Waals surface area contributed by atoms with E-state index in [1.54, 1.807) is 36.4 Å². The summed E-state index contributed by atoms with van der Waals surface area (Å²) in [5.74, 6) is 0.430. The van der Waals surface area contributed by atoms with Gasteiger partial charge in [-0.3, -0.25) is 0 Å². The normalized spacial score (nSPS) is 16.5. The van der Waals surface area contributed by atoms with Crippen LogP contribution in [0.3, 0.4) is 0 Å². The molecule has 62 heavy (non-hydrogen) atoms. The van der Waals surface area contributed by atoms with Crippen molar-refractivity contribution in [3.05, 3.63) is 144 Å². The Labute approximate surface area is 363 Å². The summed E-state index contributed by atoms with van der Waals surface area (Å²) >= 11 is 0. The fraction of sp³-hybridized carbons (Fsp3) is 0.292. The molecule has 2 N–H and O–H groups in total. The lowest BCUT2D eigenvalue weighted by Crippen LogP contribution is -2.43. The summed E-state index contributed by atoms with van der Waals surface area (Å²) in [6.45, 7) is 7.81. The molecule has 0 aromatic heterocycles. The van der Waals surface area contributed by atoms with Crippen LogP contribution in [0.25, 0.3) is 21.5 Å². The molecule has 0 atom stereocenters. The van der Waals surface area contributed by atoms with E-state index in [1.807, 2.05) is 62.4 Å². The highest BCUT2D eigenvalue weighted by atomic mass is 32.2. The van der Waals surface area contributed by atoms with Crippen LogP contribution >= 0.6 is 0 Å². The Morgan fingerprint density at radius 2 is 0.903 bits per heavy atom. The molecule has 1 heterocycles. The molecule has 6 aromatic rings. The average molecular weight is 881 g/mol. The van der Waals surface area contributed by atoms with E-state index in [1.165, 1.54) is 32.9 Å². The second-order valence-corrected chi connectivity index (χ2v) is 19.2. The summed E-state index contributed by atoms with van der Waals surface area (Å²) in [7, 11) is -8.17. The molecule has 0 fully saturated rings. The van der Waals surface area contributed by atoms with Crippen molar-refractivity contribution in [3.63, 3.8) is 0 Å². The summed E-state index contributed by atoms with van der Waals surface area (Å²) < 4.78 is 82.9. The molecule has 0 radical (unpaired) electrons. The van der Waals surface area contributed by atoms with Gasteiger partial charge in [0.1, 0.15) is 13.2 Å². The zero-order valence-corrected chi connectivity index (χ0v) is 36.6. The highest BCUT2D eigenvalue weighted by Crippen LogP contribution is 2.41. The molecule has 7 rings (SSSR count). The van der Waals surface area contributed by atoms with Crippen LogP contribution in [0.15, 0.2) is 131 Å². The highest BCUT2D eigenvalue weighted by Gasteiger charge is 2.29. The second-order valence-electron chi connectivity index (χ2n) is 15.3. The van der Waals surface area contributed by atoms with E-state index in [9.17, 15) is 27.0 Å². The van der Waals surface area contributed by atoms with Crippen LogP contribution in [0.4, 0.5) is 0 Å². The van der Waals surface area contributed by atoms with Gasteiger partial charge in [0, 0.05) is 37.3 Å². The van der Waals surface area contributed by atoms with Gasteiger partial charge in [0.2, 0.25) is 20.0 Å². The molecule has 0 spiro atoms. The fourth-order valence-electron chi connectivity index (χ4n) is 7.51. The van der Waals surface area contributed by atoms with Gasteiger partial charge in [-0.25, -0.2) is 16.8 Å². The number of benzene rings is 6. The third-order valence-electron chi connectivity index (χ3n) is 10.9. The summed E-state index contributed by atoms with van der Waals surface area (Å²) in [6.07, 6.45) is 0.573. The number of sulfonamides is 2. The molecule has 1 aliphatic rings. The fourth-order valence-corrected chi connectivity index (χ4v) is 10.3. The van der Waals surface area contributed by atoms with Crippen molar-refractivity contribution < 1.29 is 46.0 Å². The van der Waals surface area contributed by atoms with Gasteiger partial charge in [0.15, 0.2) is 23.0 Å². The smallest absolute Gasteiger partial charge is 0.243 e. The van der Waals surface area contributed by atoms with Crippen LogP contribution in [0.5, 0.6) is 23.0 Å². The first-order valence-electron chi connectivity index (χ1n) is 20.5. The van der Waals surface area contributed by atoms with E-state index in [0.29, 0.717) is 11.1 Å². The molecule has 0 amide bonds. The van der Waals surface area contributed by atoms with E-state index in [-0.39, 0.29) is 111 Å². The molecule has 6 aromatic carbocycles.